The molecule has 3 unspecified atom stereocenters. The molecule has 0 radical (unpaired) electrons. The summed E-state index contributed by atoms with van der Waals surface area (Å²) < 4.78 is 6.17. The van der Waals surface area contributed by atoms with Crippen LogP contribution in [0.1, 0.15) is 11.6 Å². The first-order valence-electron chi connectivity index (χ1n) is 10.4. The van der Waals surface area contributed by atoms with Gasteiger partial charge in [-0.2, -0.15) is 0 Å². The number of hydrogen-bond donors (Lipinski definition) is 0. The molecule has 0 saturated carbocycles. The Bertz CT molecular complexity index is 1300. The predicted octanol–water partition coefficient (Wildman–Crippen LogP) is 4.42. The Morgan fingerprint density at radius 1 is 0.971 bits per heavy atom. The summed E-state index contributed by atoms with van der Waals surface area (Å²) in [5.41, 5.74) is 1.36. The molecule has 9 nitrogen and oxygen atoms in total. The number of rotatable bonds is 5. The summed E-state index contributed by atoms with van der Waals surface area (Å²) in [6.45, 7) is 0. The van der Waals surface area contributed by atoms with Gasteiger partial charge in [-0.15, -0.1) is 0 Å². The van der Waals surface area contributed by atoms with Gasteiger partial charge >= 0.3 is 0 Å². The maximum Gasteiger partial charge on any atom is 0.271 e. The van der Waals surface area contributed by atoms with E-state index in [2.05, 4.69) is 15.9 Å². The Labute approximate surface area is 202 Å². The molecule has 0 spiro atoms. The standard InChI is InChI=1S/C24H18BrN3O6/c1-33-19-7-2-4-14(12-19)21-20-22(34-27(21)17-5-3-6-18(13-17)28(31)32)24(30)26(23(20)29)16-10-8-15(25)9-11-16/h2-13,20-22H,1H3. The van der Waals surface area contributed by atoms with Gasteiger partial charge in [0, 0.05) is 16.6 Å². The molecule has 172 valence electrons. The number of benzene rings is 3. The van der Waals surface area contributed by atoms with Crippen molar-refractivity contribution in [2.45, 2.75) is 12.1 Å². The third-order valence-corrected chi connectivity index (χ3v) is 6.46. The van der Waals surface area contributed by atoms with Gasteiger partial charge in [0.25, 0.3) is 11.6 Å². The summed E-state index contributed by atoms with van der Waals surface area (Å²) in [4.78, 5) is 45.0. The molecule has 0 aromatic heterocycles. The molecule has 2 heterocycles. The molecule has 10 heteroatoms. The number of nitro benzene ring substituents is 1. The molecule has 0 aliphatic carbocycles. The molecule has 0 bridgehead atoms. The number of non-ortho nitro benzene ring substituents is 1. The molecule has 2 saturated heterocycles. The Morgan fingerprint density at radius 2 is 1.71 bits per heavy atom. The van der Waals surface area contributed by atoms with Crippen LogP contribution in [0.15, 0.2) is 77.3 Å². The first-order chi connectivity index (χ1) is 16.4. The van der Waals surface area contributed by atoms with Crippen LogP contribution in [0.2, 0.25) is 0 Å². The van der Waals surface area contributed by atoms with Gasteiger partial charge in [-0.05, 0) is 48.0 Å². The molecule has 0 N–H and O–H groups in total. The quantitative estimate of drug-likeness (QED) is 0.277. The summed E-state index contributed by atoms with van der Waals surface area (Å²) in [6.07, 6.45) is -1.08. The monoisotopic (exact) mass is 523 g/mol. The average molecular weight is 524 g/mol. The Hall–Kier alpha value is -3.76. The number of ether oxygens (including phenoxy) is 1. The van der Waals surface area contributed by atoms with Crippen molar-refractivity contribution >= 4 is 44.8 Å². The average Bonchev–Trinajstić information content (AvgIpc) is 3.36. The third kappa shape index (κ3) is 3.61. The van der Waals surface area contributed by atoms with Gasteiger partial charge in [-0.3, -0.25) is 24.5 Å². The highest BCUT2D eigenvalue weighted by Crippen LogP contribution is 2.48. The molecular formula is C24H18BrN3O6. The van der Waals surface area contributed by atoms with E-state index >= 15 is 0 Å². The smallest absolute Gasteiger partial charge is 0.271 e. The maximum absolute atomic E-state index is 13.6. The van der Waals surface area contributed by atoms with E-state index in [0.717, 1.165) is 9.37 Å². The summed E-state index contributed by atoms with van der Waals surface area (Å²) in [5, 5.41) is 12.8. The Balaban J connectivity index is 1.60. The van der Waals surface area contributed by atoms with Gasteiger partial charge in [-0.1, -0.05) is 34.1 Å². The zero-order chi connectivity index (χ0) is 24.0. The zero-order valence-corrected chi connectivity index (χ0v) is 19.4. The molecular weight excluding hydrogens is 506 g/mol. The molecule has 2 amide bonds. The van der Waals surface area contributed by atoms with E-state index < -0.39 is 34.8 Å². The highest BCUT2D eigenvalue weighted by atomic mass is 79.9. The van der Waals surface area contributed by atoms with E-state index in [1.54, 1.807) is 48.5 Å². The Kier molecular flexibility index (Phi) is 5.54. The molecule has 2 fully saturated rings. The van der Waals surface area contributed by atoms with Gasteiger partial charge in [0.05, 0.1) is 29.4 Å². The van der Waals surface area contributed by atoms with Crippen molar-refractivity contribution in [1.29, 1.82) is 0 Å². The minimum Gasteiger partial charge on any atom is -0.497 e. The van der Waals surface area contributed by atoms with Gasteiger partial charge in [0.1, 0.15) is 11.7 Å². The van der Waals surface area contributed by atoms with Crippen molar-refractivity contribution in [1.82, 2.24) is 0 Å². The summed E-state index contributed by atoms with van der Waals surface area (Å²) in [6, 6.07) is 19.2. The van der Waals surface area contributed by atoms with E-state index in [9.17, 15) is 19.7 Å². The molecule has 5 rings (SSSR count). The second-order valence-electron chi connectivity index (χ2n) is 7.86. The summed E-state index contributed by atoms with van der Waals surface area (Å²) >= 11 is 3.36. The minimum atomic E-state index is -1.08. The minimum absolute atomic E-state index is 0.128. The van der Waals surface area contributed by atoms with Crippen LogP contribution in [0.5, 0.6) is 5.75 Å². The number of nitrogens with zero attached hydrogens (tertiary/aromatic N) is 3. The molecule has 2 aliphatic rings. The lowest BCUT2D eigenvalue weighted by atomic mass is 9.90. The van der Waals surface area contributed by atoms with Crippen LogP contribution in [0, 0.1) is 16.0 Å². The fraction of sp³-hybridized carbons (Fsp3) is 0.167. The number of methoxy groups -OCH3 is 1. The van der Waals surface area contributed by atoms with Crippen molar-refractivity contribution in [3.05, 3.63) is 92.9 Å². The number of carbonyl (C=O) groups is 2. The predicted molar refractivity (Wildman–Crippen MR) is 126 cm³/mol. The topological polar surface area (TPSA) is 102 Å². The number of imide groups is 1. The van der Waals surface area contributed by atoms with E-state index in [1.807, 2.05) is 6.07 Å². The van der Waals surface area contributed by atoms with Crippen LogP contribution in [0.4, 0.5) is 17.1 Å². The van der Waals surface area contributed by atoms with Crippen LogP contribution in [-0.2, 0) is 14.4 Å². The molecule has 3 aromatic carbocycles. The number of carbonyl (C=O) groups excluding carboxylic acids is 2. The molecule has 3 atom stereocenters. The first-order valence-corrected chi connectivity index (χ1v) is 11.2. The fourth-order valence-electron chi connectivity index (χ4n) is 4.39. The lowest BCUT2D eigenvalue weighted by Gasteiger charge is -2.28. The van der Waals surface area contributed by atoms with Gasteiger partial charge in [0.15, 0.2) is 6.10 Å². The van der Waals surface area contributed by atoms with Crippen LogP contribution in [-0.4, -0.2) is 30.0 Å². The summed E-state index contributed by atoms with van der Waals surface area (Å²) in [5.74, 6) is -1.18. The molecule has 34 heavy (non-hydrogen) atoms. The van der Waals surface area contributed by atoms with E-state index in [1.165, 1.54) is 30.4 Å². The number of nitro groups is 1. The summed E-state index contributed by atoms with van der Waals surface area (Å²) in [7, 11) is 1.53. The van der Waals surface area contributed by atoms with E-state index in [0.29, 0.717) is 22.7 Å². The number of halogens is 1. The zero-order valence-electron chi connectivity index (χ0n) is 17.8. The fourth-order valence-corrected chi connectivity index (χ4v) is 4.66. The highest BCUT2D eigenvalue weighted by molar-refractivity contribution is 9.10. The Morgan fingerprint density at radius 3 is 2.41 bits per heavy atom. The van der Waals surface area contributed by atoms with Crippen molar-refractivity contribution in [3.8, 4) is 5.75 Å². The SMILES string of the molecule is COc1cccc(C2C3C(=O)N(c4ccc(Br)cc4)C(=O)C3ON2c2cccc([N+](=O)[O-])c2)c1. The van der Waals surface area contributed by atoms with Gasteiger partial charge < -0.3 is 4.74 Å². The van der Waals surface area contributed by atoms with Gasteiger partial charge in [-0.25, -0.2) is 9.96 Å². The second-order valence-corrected chi connectivity index (χ2v) is 8.78. The number of hydroxylamine groups is 1. The van der Waals surface area contributed by atoms with Crippen LogP contribution >= 0.6 is 15.9 Å². The van der Waals surface area contributed by atoms with Crippen molar-refractivity contribution in [2.75, 3.05) is 17.1 Å². The lowest BCUT2D eigenvalue weighted by molar-refractivity contribution is -0.384. The molecule has 2 aliphatic heterocycles. The number of anilines is 2. The van der Waals surface area contributed by atoms with Crippen LogP contribution in [0.25, 0.3) is 0 Å². The number of hydrogen-bond acceptors (Lipinski definition) is 7. The largest absolute Gasteiger partial charge is 0.497 e. The van der Waals surface area contributed by atoms with Gasteiger partial charge in [0.2, 0.25) is 5.91 Å². The van der Waals surface area contributed by atoms with Crippen molar-refractivity contribution < 1.29 is 24.1 Å². The third-order valence-electron chi connectivity index (χ3n) is 5.93. The lowest BCUT2D eigenvalue weighted by Crippen LogP contribution is -2.37. The molecule has 3 aromatic rings. The highest BCUT2D eigenvalue weighted by Gasteiger charge is 2.60. The van der Waals surface area contributed by atoms with E-state index in [-0.39, 0.29) is 5.69 Å². The normalized spacial score (nSPS) is 21.6. The maximum atomic E-state index is 13.6. The first kappa shape index (κ1) is 22.1. The van der Waals surface area contributed by atoms with Crippen LogP contribution in [0.3, 0.4) is 0 Å². The van der Waals surface area contributed by atoms with E-state index in [4.69, 9.17) is 9.57 Å². The number of fused-ring (bicyclic) bond motifs is 1. The second kappa shape index (κ2) is 8.54. The number of amides is 2. The van der Waals surface area contributed by atoms with Crippen molar-refractivity contribution in [2.24, 2.45) is 5.92 Å². The van der Waals surface area contributed by atoms with Crippen LogP contribution < -0.4 is 14.7 Å². The van der Waals surface area contributed by atoms with Crippen molar-refractivity contribution in [3.63, 3.8) is 0 Å².